The molecule has 1 amide bonds. The average Bonchev–Trinajstić information content (AvgIpc) is 3.12. The molecule has 0 aliphatic rings. The fraction of sp³-hybridized carbons (Fsp3) is 0.320. The number of carbonyl (C=O) groups excluding carboxylic acids is 1. The van der Waals surface area contributed by atoms with E-state index in [1.165, 1.54) is 11.1 Å². The summed E-state index contributed by atoms with van der Waals surface area (Å²) >= 11 is 0. The van der Waals surface area contributed by atoms with E-state index >= 15 is 0 Å². The van der Waals surface area contributed by atoms with Gasteiger partial charge in [0.15, 0.2) is 5.65 Å². The Bertz CT molecular complexity index is 1220. The summed E-state index contributed by atoms with van der Waals surface area (Å²) in [5, 5.41) is 8.93. The number of aromatic nitrogens is 3. The highest BCUT2D eigenvalue weighted by atomic mass is 16.1. The van der Waals surface area contributed by atoms with Crippen LogP contribution in [-0.2, 0) is 24.1 Å². The summed E-state index contributed by atoms with van der Waals surface area (Å²) in [4.78, 5) is 17.6. The Morgan fingerprint density at radius 2 is 1.70 bits per heavy atom. The summed E-state index contributed by atoms with van der Waals surface area (Å²) < 4.78 is 1.91. The molecule has 30 heavy (non-hydrogen) atoms. The van der Waals surface area contributed by atoms with Crippen molar-refractivity contribution in [3.8, 4) is 0 Å². The summed E-state index contributed by atoms with van der Waals surface area (Å²) in [7, 11) is 0. The van der Waals surface area contributed by atoms with Gasteiger partial charge in [-0.15, -0.1) is 0 Å². The predicted octanol–water partition coefficient (Wildman–Crippen LogP) is 5.20. The molecular weight excluding hydrogens is 372 g/mol. The lowest BCUT2D eigenvalue weighted by atomic mass is 10.0. The van der Waals surface area contributed by atoms with Gasteiger partial charge in [0.2, 0.25) is 5.91 Å². The van der Waals surface area contributed by atoms with Crippen LogP contribution < -0.4 is 5.32 Å². The first-order chi connectivity index (χ1) is 14.5. The topological polar surface area (TPSA) is 59.3 Å². The zero-order valence-corrected chi connectivity index (χ0v) is 18.1. The van der Waals surface area contributed by atoms with Crippen LogP contribution in [0.15, 0.2) is 42.5 Å². The van der Waals surface area contributed by atoms with E-state index in [-0.39, 0.29) is 5.91 Å². The van der Waals surface area contributed by atoms with Crippen LogP contribution in [0.5, 0.6) is 0 Å². The third-order valence-corrected chi connectivity index (χ3v) is 5.88. The number of nitrogens with one attached hydrogen (secondary N) is 1. The molecule has 4 aromatic rings. The normalized spacial score (nSPS) is 11.3. The minimum atomic E-state index is 0.0372. The molecule has 0 aliphatic carbocycles. The largest absolute Gasteiger partial charge is 0.326 e. The van der Waals surface area contributed by atoms with E-state index in [2.05, 4.69) is 44.3 Å². The number of fused-ring (bicyclic) bond motifs is 3. The second-order valence-electron chi connectivity index (χ2n) is 7.72. The van der Waals surface area contributed by atoms with Gasteiger partial charge in [-0.25, -0.2) is 9.50 Å². The molecule has 5 nitrogen and oxygen atoms in total. The molecule has 2 aromatic carbocycles. The standard InChI is InChI=1S/C25H28N4O/c1-5-18-10-9-11-19(6-2)24(18)27-23(30)15-14-20-16(3)26-25-21-12-7-8-13-22(21)28-29(25)17(20)4/h7-13H,5-6,14-15H2,1-4H3,(H,27,30). The number of para-hydroxylation sites is 1. The highest BCUT2D eigenvalue weighted by Gasteiger charge is 2.16. The van der Waals surface area contributed by atoms with Gasteiger partial charge in [-0.3, -0.25) is 4.79 Å². The average molecular weight is 401 g/mol. The fourth-order valence-electron chi connectivity index (χ4n) is 4.18. The Hall–Kier alpha value is -3.21. The third-order valence-electron chi connectivity index (χ3n) is 5.88. The van der Waals surface area contributed by atoms with Crippen LogP contribution in [0.1, 0.15) is 48.3 Å². The Labute approximate surface area is 177 Å². The van der Waals surface area contributed by atoms with E-state index < -0.39 is 0 Å². The van der Waals surface area contributed by atoms with E-state index in [0.717, 1.165) is 52.0 Å². The second kappa shape index (κ2) is 8.27. The maximum atomic E-state index is 12.8. The first-order valence-corrected chi connectivity index (χ1v) is 10.7. The van der Waals surface area contributed by atoms with Crippen LogP contribution in [-0.4, -0.2) is 20.5 Å². The van der Waals surface area contributed by atoms with E-state index in [9.17, 15) is 4.79 Å². The molecule has 0 bridgehead atoms. The number of nitrogens with zero attached hydrogens (tertiary/aromatic N) is 3. The molecular formula is C25H28N4O. The lowest BCUT2D eigenvalue weighted by Crippen LogP contribution is -2.16. The first kappa shape index (κ1) is 20.1. The Morgan fingerprint density at radius 1 is 1.00 bits per heavy atom. The summed E-state index contributed by atoms with van der Waals surface area (Å²) in [5.41, 5.74) is 8.25. The molecule has 0 aliphatic heterocycles. The lowest BCUT2D eigenvalue weighted by molar-refractivity contribution is -0.116. The molecule has 154 valence electrons. The van der Waals surface area contributed by atoms with E-state index in [1.807, 2.05) is 35.7 Å². The van der Waals surface area contributed by atoms with Gasteiger partial charge in [-0.2, -0.15) is 5.10 Å². The highest BCUT2D eigenvalue weighted by Crippen LogP contribution is 2.25. The molecule has 1 N–H and O–H groups in total. The van der Waals surface area contributed by atoms with Crippen molar-refractivity contribution < 1.29 is 4.79 Å². The smallest absolute Gasteiger partial charge is 0.224 e. The number of rotatable bonds is 6. The maximum Gasteiger partial charge on any atom is 0.224 e. The number of hydrogen-bond donors (Lipinski definition) is 1. The Kier molecular flexibility index (Phi) is 5.53. The number of aryl methyl sites for hydroxylation is 4. The second-order valence-corrected chi connectivity index (χ2v) is 7.72. The van der Waals surface area contributed by atoms with Gasteiger partial charge in [0.05, 0.1) is 5.52 Å². The third kappa shape index (κ3) is 3.56. The predicted molar refractivity (Wildman–Crippen MR) is 122 cm³/mol. The van der Waals surface area contributed by atoms with Crippen molar-refractivity contribution in [1.82, 2.24) is 14.6 Å². The summed E-state index contributed by atoms with van der Waals surface area (Å²) in [6.45, 7) is 8.31. The van der Waals surface area contributed by atoms with Crippen molar-refractivity contribution in [1.29, 1.82) is 0 Å². The molecule has 2 aromatic heterocycles. The zero-order valence-electron chi connectivity index (χ0n) is 18.1. The van der Waals surface area contributed by atoms with Crippen molar-refractivity contribution >= 4 is 28.1 Å². The molecule has 0 unspecified atom stereocenters. The summed E-state index contributed by atoms with van der Waals surface area (Å²) in [5.74, 6) is 0.0372. The SMILES string of the molecule is CCc1cccc(CC)c1NC(=O)CCc1c(C)nc2c3ccccc3nn2c1C. The van der Waals surface area contributed by atoms with Crippen LogP contribution in [0.25, 0.3) is 16.6 Å². The first-order valence-electron chi connectivity index (χ1n) is 10.7. The van der Waals surface area contributed by atoms with Crippen molar-refractivity contribution in [2.75, 3.05) is 5.32 Å². The monoisotopic (exact) mass is 400 g/mol. The molecule has 0 atom stereocenters. The van der Waals surface area contributed by atoms with Crippen LogP contribution in [0.3, 0.4) is 0 Å². The summed E-state index contributed by atoms with van der Waals surface area (Å²) in [6, 6.07) is 14.3. The van der Waals surface area contributed by atoms with Crippen LogP contribution in [0, 0.1) is 13.8 Å². The van der Waals surface area contributed by atoms with Gasteiger partial charge in [0, 0.05) is 28.9 Å². The molecule has 0 saturated carbocycles. The van der Waals surface area contributed by atoms with Gasteiger partial charge in [0.1, 0.15) is 0 Å². The van der Waals surface area contributed by atoms with Crippen molar-refractivity contribution in [3.63, 3.8) is 0 Å². The quantitative estimate of drug-likeness (QED) is 0.484. The molecule has 4 rings (SSSR count). The number of carbonyl (C=O) groups is 1. The molecule has 2 heterocycles. The number of amides is 1. The van der Waals surface area contributed by atoms with E-state index in [4.69, 9.17) is 10.1 Å². The summed E-state index contributed by atoms with van der Waals surface area (Å²) in [6.07, 6.45) is 2.85. The molecule has 0 spiro atoms. The van der Waals surface area contributed by atoms with E-state index in [1.54, 1.807) is 0 Å². The lowest BCUT2D eigenvalue weighted by Gasteiger charge is -2.15. The van der Waals surface area contributed by atoms with Gasteiger partial charge in [0.25, 0.3) is 0 Å². The highest BCUT2D eigenvalue weighted by molar-refractivity contribution is 5.93. The molecule has 0 fully saturated rings. The van der Waals surface area contributed by atoms with E-state index in [0.29, 0.717) is 12.8 Å². The molecule has 5 heteroatoms. The maximum absolute atomic E-state index is 12.8. The van der Waals surface area contributed by atoms with Crippen LogP contribution in [0.4, 0.5) is 5.69 Å². The number of anilines is 1. The van der Waals surface area contributed by atoms with Crippen molar-refractivity contribution in [3.05, 3.63) is 70.5 Å². The van der Waals surface area contributed by atoms with Crippen molar-refractivity contribution in [2.24, 2.45) is 0 Å². The zero-order chi connectivity index (χ0) is 21.3. The Balaban J connectivity index is 1.58. The van der Waals surface area contributed by atoms with Gasteiger partial charge >= 0.3 is 0 Å². The fourth-order valence-corrected chi connectivity index (χ4v) is 4.18. The van der Waals surface area contributed by atoms with Crippen LogP contribution >= 0.6 is 0 Å². The van der Waals surface area contributed by atoms with Crippen LogP contribution in [0.2, 0.25) is 0 Å². The molecule has 0 radical (unpaired) electrons. The number of hydrogen-bond acceptors (Lipinski definition) is 3. The van der Waals surface area contributed by atoms with Gasteiger partial charge in [-0.1, -0.05) is 44.2 Å². The van der Waals surface area contributed by atoms with Gasteiger partial charge < -0.3 is 5.32 Å². The minimum absolute atomic E-state index is 0.0372. The molecule has 0 saturated heterocycles. The van der Waals surface area contributed by atoms with Crippen molar-refractivity contribution in [2.45, 2.75) is 53.4 Å². The Morgan fingerprint density at radius 3 is 2.40 bits per heavy atom. The number of benzene rings is 2. The van der Waals surface area contributed by atoms with Gasteiger partial charge in [-0.05, 0) is 61.9 Å². The minimum Gasteiger partial charge on any atom is -0.326 e.